The van der Waals surface area contributed by atoms with Crippen molar-refractivity contribution in [3.63, 3.8) is 0 Å². The van der Waals surface area contributed by atoms with Gasteiger partial charge in [0.2, 0.25) is 0 Å². The average Bonchev–Trinajstić information content (AvgIpc) is 2.86. The summed E-state index contributed by atoms with van der Waals surface area (Å²) in [5.74, 6) is 0. The summed E-state index contributed by atoms with van der Waals surface area (Å²) in [6.45, 7) is 8.31. The van der Waals surface area contributed by atoms with Gasteiger partial charge in [-0.3, -0.25) is 9.05 Å². The van der Waals surface area contributed by atoms with Gasteiger partial charge in [0.1, 0.15) is 0 Å². The summed E-state index contributed by atoms with van der Waals surface area (Å²) >= 11 is 2.40. The third kappa shape index (κ3) is 3.65. The van der Waals surface area contributed by atoms with E-state index in [1.165, 1.54) is 0 Å². The molecule has 22 heavy (non-hydrogen) atoms. The Labute approximate surface area is 146 Å². The van der Waals surface area contributed by atoms with Gasteiger partial charge in [-0.15, -0.1) is 6.58 Å². The zero-order chi connectivity index (χ0) is 16.2. The van der Waals surface area contributed by atoms with Gasteiger partial charge >= 0.3 is 7.75 Å². The van der Waals surface area contributed by atoms with Crippen molar-refractivity contribution in [2.24, 2.45) is 0 Å². The SMILES string of the molecule is C=C[C@@H]1[C@@H](I)C[C@@H](c2ccccc2)N1P(=O)(OCC)OCC. The molecule has 3 atom stereocenters. The van der Waals surface area contributed by atoms with Crippen molar-refractivity contribution >= 4 is 30.3 Å². The molecule has 1 aliphatic heterocycles. The molecule has 6 heteroatoms. The standard InChI is InChI=1S/C16H23INO3P/c1-4-15-14(17)12-16(13-10-8-7-9-11-13)18(15)22(19,20-5-2)21-6-3/h4,7-11,14-16H,1,5-6,12H2,2-3H3/t14-,15+,16-/m0/s1. The van der Waals surface area contributed by atoms with Crippen LogP contribution in [0.25, 0.3) is 0 Å². The summed E-state index contributed by atoms with van der Waals surface area (Å²) in [4.78, 5) is 0. The molecule has 4 nitrogen and oxygen atoms in total. The van der Waals surface area contributed by atoms with E-state index in [0.29, 0.717) is 17.1 Å². The normalized spacial score (nSPS) is 26.2. The molecule has 0 N–H and O–H groups in total. The number of hydrogen-bond donors (Lipinski definition) is 0. The van der Waals surface area contributed by atoms with Crippen LogP contribution in [0.15, 0.2) is 43.0 Å². The third-order valence-corrected chi connectivity index (χ3v) is 7.26. The maximum absolute atomic E-state index is 13.3. The fraction of sp³-hybridized carbons (Fsp3) is 0.500. The Morgan fingerprint density at radius 1 is 1.32 bits per heavy atom. The molecular formula is C16H23INO3P. The van der Waals surface area contributed by atoms with Gasteiger partial charge in [-0.2, -0.15) is 4.67 Å². The van der Waals surface area contributed by atoms with Crippen LogP contribution >= 0.6 is 30.3 Å². The van der Waals surface area contributed by atoms with Crippen molar-refractivity contribution in [1.29, 1.82) is 0 Å². The van der Waals surface area contributed by atoms with Crippen LogP contribution in [-0.2, 0) is 13.6 Å². The minimum atomic E-state index is -3.34. The Bertz CT molecular complexity index is 529. The van der Waals surface area contributed by atoms with Crippen LogP contribution in [0.4, 0.5) is 0 Å². The molecule has 0 unspecified atom stereocenters. The first-order valence-corrected chi connectivity index (χ1v) is 10.3. The van der Waals surface area contributed by atoms with Crippen LogP contribution in [0.3, 0.4) is 0 Å². The van der Waals surface area contributed by atoms with Gasteiger partial charge < -0.3 is 0 Å². The van der Waals surface area contributed by atoms with Crippen molar-refractivity contribution in [3.05, 3.63) is 48.6 Å². The number of rotatable bonds is 7. The highest BCUT2D eigenvalue weighted by Gasteiger charge is 2.50. The van der Waals surface area contributed by atoms with Crippen LogP contribution in [-0.4, -0.2) is 27.9 Å². The molecular weight excluding hydrogens is 412 g/mol. The first kappa shape index (κ1) is 18.1. The van der Waals surface area contributed by atoms with E-state index in [2.05, 4.69) is 41.3 Å². The summed E-state index contributed by atoms with van der Waals surface area (Å²) in [5.41, 5.74) is 1.13. The second kappa shape index (κ2) is 8.06. The molecule has 0 saturated carbocycles. The zero-order valence-electron chi connectivity index (χ0n) is 13.0. The molecule has 122 valence electrons. The Morgan fingerprint density at radius 3 is 2.41 bits per heavy atom. The molecule has 0 bridgehead atoms. The quantitative estimate of drug-likeness (QED) is 0.262. The number of benzene rings is 1. The first-order valence-electron chi connectivity index (χ1n) is 7.56. The van der Waals surface area contributed by atoms with E-state index in [4.69, 9.17) is 9.05 Å². The summed E-state index contributed by atoms with van der Waals surface area (Å²) in [7, 11) is -3.34. The van der Waals surface area contributed by atoms with Crippen LogP contribution in [0.1, 0.15) is 31.9 Å². The van der Waals surface area contributed by atoms with E-state index >= 15 is 0 Å². The highest BCUT2D eigenvalue weighted by atomic mass is 127. The van der Waals surface area contributed by atoms with Gasteiger partial charge in [0, 0.05) is 9.97 Å². The lowest BCUT2D eigenvalue weighted by Gasteiger charge is -2.34. The Balaban J connectivity index is 2.44. The highest BCUT2D eigenvalue weighted by molar-refractivity contribution is 14.1. The van der Waals surface area contributed by atoms with Gasteiger partial charge in [-0.25, -0.2) is 4.57 Å². The zero-order valence-corrected chi connectivity index (χ0v) is 16.1. The van der Waals surface area contributed by atoms with Crippen molar-refractivity contribution in [2.45, 2.75) is 36.3 Å². The monoisotopic (exact) mass is 435 g/mol. The molecule has 1 heterocycles. The lowest BCUT2D eigenvalue weighted by atomic mass is 10.1. The molecule has 0 radical (unpaired) electrons. The molecule has 1 aliphatic rings. The fourth-order valence-electron chi connectivity index (χ4n) is 2.88. The minimum absolute atomic E-state index is 0.00929. The minimum Gasteiger partial charge on any atom is -0.297 e. The van der Waals surface area contributed by atoms with E-state index in [9.17, 15) is 4.57 Å². The number of nitrogens with zero attached hydrogens (tertiary/aromatic N) is 1. The summed E-state index contributed by atoms with van der Waals surface area (Å²) in [5, 5.41) is 0. The molecule has 1 aromatic rings. The second-order valence-electron chi connectivity index (χ2n) is 5.09. The summed E-state index contributed by atoms with van der Waals surface area (Å²) in [6, 6.07) is 10.1. The van der Waals surface area contributed by atoms with E-state index in [1.54, 1.807) is 0 Å². The fourth-order valence-corrected chi connectivity index (χ4v) is 6.41. The molecule has 0 amide bonds. The summed E-state index contributed by atoms with van der Waals surface area (Å²) < 4.78 is 26.7. The van der Waals surface area contributed by atoms with Gasteiger partial charge in [0.05, 0.1) is 19.3 Å². The Hall–Kier alpha value is -0.200. The Morgan fingerprint density at radius 2 is 1.91 bits per heavy atom. The lowest BCUT2D eigenvalue weighted by molar-refractivity contribution is 0.154. The van der Waals surface area contributed by atoms with Crippen LogP contribution < -0.4 is 0 Å². The van der Waals surface area contributed by atoms with Gasteiger partial charge in [-0.1, -0.05) is 59.0 Å². The molecule has 1 saturated heterocycles. The van der Waals surface area contributed by atoms with Gasteiger partial charge in [-0.05, 0) is 25.8 Å². The predicted octanol–water partition coefficient (Wildman–Crippen LogP) is 4.97. The van der Waals surface area contributed by atoms with E-state index < -0.39 is 7.75 Å². The smallest absolute Gasteiger partial charge is 0.297 e. The van der Waals surface area contributed by atoms with Gasteiger partial charge in [0.25, 0.3) is 0 Å². The highest BCUT2D eigenvalue weighted by Crippen LogP contribution is 2.61. The van der Waals surface area contributed by atoms with Crippen molar-refractivity contribution in [2.75, 3.05) is 13.2 Å². The molecule has 1 aromatic carbocycles. The summed E-state index contributed by atoms with van der Waals surface area (Å²) in [6.07, 6.45) is 2.75. The Kier molecular flexibility index (Phi) is 6.65. The third-order valence-electron chi connectivity index (χ3n) is 3.74. The topological polar surface area (TPSA) is 38.8 Å². The van der Waals surface area contributed by atoms with Crippen LogP contribution in [0, 0.1) is 0 Å². The second-order valence-corrected chi connectivity index (χ2v) is 8.60. The maximum atomic E-state index is 13.3. The van der Waals surface area contributed by atoms with Crippen molar-refractivity contribution < 1.29 is 13.6 Å². The van der Waals surface area contributed by atoms with Gasteiger partial charge in [0.15, 0.2) is 0 Å². The molecule has 0 aliphatic carbocycles. The molecule has 0 spiro atoms. The number of hydrogen-bond acceptors (Lipinski definition) is 3. The first-order chi connectivity index (χ1) is 10.6. The lowest BCUT2D eigenvalue weighted by Crippen LogP contribution is -2.32. The number of alkyl halides is 1. The van der Waals surface area contributed by atoms with Crippen molar-refractivity contribution in [1.82, 2.24) is 4.67 Å². The predicted molar refractivity (Wildman–Crippen MR) is 98.3 cm³/mol. The van der Waals surface area contributed by atoms with Crippen LogP contribution in [0.5, 0.6) is 0 Å². The van der Waals surface area contributed by atoms with E-state index in [0.717, 1.165) is 12.0 Å². The number of halogens is 1. The van der Waals surface area contributed by atoms with E-state index in [1.807, 2.05) is 42.8 Å². The molecule has 0 aromatic heterocycles. The van der Waals surface area contributed by atoms with Crippen molar-refractivity contribution in [3.8, 4) is 0 Å². The average molecular weight is 435 g/mol. The molecule has 1 fully saturated rings. The van der Waals surface area contributed by atoms with E-state index in [-0.39, 0.29) is 12.1 Å². The molecule has 2 rings (SSSR count). The van der Waals surface area contributed by atoms with Crippen LogP contribution in [0.2, 0.25) is 0 Å². The largest absolute Gasteiger partial charge is 0.409 e. The maximum Gasteiger partial charge on any atom is 0.409 e.